The maximum atomic E-state index is 13.0. The third-order valence-corrected chi connectivity index (χ3v) is 2.45. The number of hydrogen-bond donors (Lipinski definition) is 1. The second kappa shape index (κ2) is 6.86. The van der Waals surface area contributed by atoms with Crippen LogP contribution in [0.2, 0.25) is 0 Å². The van der Waals surface area contributed by atoms with Gasteiger partial charge < -0.3 is 0 Å². The lowest BCUT2D eigenvalue weighted by Crippen LogP contribution is -1.85. The molecule has 2 aromatic carbocycles. The molecule has 0 aliphatic heterocycles. The highest BCUT2D eigenvalue weighted by molar-refractivity contribution is 5.54. The van der Waals surface area contributed by atoms with Gasteiger partial charge >= 0.3 is 0 Å². The number of aromatic nitrogens is 4. The molecule has 0 fully saturated rings. The minimum atomic E-state index is -0.458. The predicted octanol–water partition coefficient (Wildman–Crippen LogP) is 2.70. The van der Waals surface area contributed by atoms with Crippen LogP contribution >= 0.6 is 0 Å². The van der Waals surface area contributed by atoms with Gasteiger partial charge in [-0.05, 0) is 29.5 Å². The van der Waals surface area contributed by atoms with Gasteiger partial charge in [-0.3, -0.25) is 0 Å². The van der Waals surface area contributed by atoms with E-state index in [9.17, 15) is 8.78 Å². The molecular weight excluding hydrogens is 276 g/mol. The first-order chi connectivity index (χ1) is 10.2. The van der Waals surface area contributed by atoms with Crippen molar-refractivity contribution in [1.29, 1.82) is 5.26 Å². The molecule has 1 aromatic heterocycles. The van der Waals surface area contributed by atoms with Gasteiger partial charge in [-0.15, -0.1) is 10.2 Å². The van der Waals surface area contributed by atoms with E-state index in [1.807, 2.05) is 0 Å². The van der Waals surface area contributed by atoms with Crippen molar-refractivity contribution in [1.82, 2.24) is 20.6 Å². The van der Waals surface area contributed by atoms with Crippen LogP contribution in [-0.4, -0.2) is 20.6 Å². The zero-order valence-electron chi connectivity index (χ0n) is 10.7. The Balaban J connectivity index is 0.000000161. The van der Waals surface area contributed by atoms with Crippen LogP contribution in [0.4, 0.5) is 8.78 Å². The summed E-state index contributed by atoms with van der Waals surface area (Å²) in [6.07, 6.45) is 0. The fourth-order valence-corrected chi connectivity index (χ4v) is 1.47. The minimum Gasteiger partial charge on any atom is -0.206 e. The monoisotopic (exact) mass is 285 g/mol. The van der Waals surface area contributed by atoms with E-state index in [4.69, 9.17) is 5.26 Å². The average molecular weight is 285 g/mol. The highest BCUT2D eigenvalue weighted by Crippen LogP contribution is 2.16. The summed E-state index contributed by atoms with van der Waals surface area (Å²) in [5.41, 5.74) is 0.448. The normalized spacial score (nSPS) is 9.38. The molecule has 1 heterocycles. The number of nitrogens with one attached hydrogen (secondary N) is 1. The Morgan fingerprint density at radius 1 is 0.952 bits per heavy atom. The summed E-state index contributed by atoms with van der Waals surface area (Å²) < 4.78 is 25.4. The van der Waals surface area contributed by atoms with Gasteiger partial charge in [-0.1, -0.05) is 24.3 Å². The van der Waals surface area contributed by atoms with E-state index in [0.717, 1.165) is 0 Å². The van der Waals surface area contributed by atoms with Gasteiger partial charge in [0.1, 0.15) is 17.7 Å². The number of nitriles is 1. The van der Waals surface area contributed by atoms with Gasteiger partial charge in [0.15, 0.2) is 0 Å². The Hall–Kier alpha value is -3.14. The second-order valence-electron chi connectivity index (χ2n) is 3.81. The van der Waals surface area contributed by atoms with Crippen molar-refractivity contribution in [2.75, 3.05) is 0 Å². The molecule has 0 spiro atoms. The van der Waals surface area contributed by atoms with Gasteiger partial charge in [-0.2, -0.15) is 10.5 Å². The summed E-state index contributed by atoms with van der Waals surface area (Å²) in [4.78, 5) is 0. The van der Waals surface area contributed by atoms with Gasteiger partial charge in [-0.25, -0.2) is 8.78 Å². The lowest BCUT2D eigenvalue weighted by molar-refractivity contribution is 0.624. The molecule has 0 aliphatic rings. The quantitative estimate of drug-likeness (QED) is 0.745. The van der Waals surface area contributed by atoms with Crippen molar-refractivity contribution in [3.8, 4) is 17.5 Å². The first kappa shape index (κ1) is 14.3. The number of nitrogens with zero attached hydrogens (tertiary/aromatic N) is 4. The van der Waals surface area contributed by atoms with E-state index in [0.29, 0.717) is 5.56 Å². The zero-order chi connectivity index (χ0) is 15.1. The Morgan fingerprint density at radius 3 is 2.14 bits per heavy atom. The summed E-state index contributed by atoms with van der Waals surface area (Å²) in [7, 11) is 0. The third-order valence-electron chi connectivity index (χ3n) is 2.45. The van der Waals surface area contributed by atoms with E-state index in [2.05, 4.69) is 20.6 Å². The van der Waals surface area contributed by atoms with Crippen LogP contribution in [0, 0.1) is 23.0 Å². The summed E-state index contributed by atoms with van der Waals surface area (Å²) in [6.45, 7) is 0. The van der Waals surface area contributed by atoms with E-state index in [1.165, 1.54) is 18.2 Å². The summed E-state index contributed by atoms with van der Waals surface area (Å²) in [5, 5.41) is 21.1. The van der Waals surface area contributed by atoms with Crippen LogP contribution in [0.3, 0.4) is 0 Å². The fraction of sp³-hybridized carbons (Fsp3) is 0. The lowest BCUT2D eigenvalue weighted by atomic mass is 10.2. The average Bonchev–Trinajstić information content (AvgIpc) is 3.03. The van der Waals surface area contributed by atoms with Crippen molar-refractivity contribution in [3.63, 3.8) is 0 Å². The van der Waals surface area contributed by atoms with Gasteiger partial charge in [0.25, 0.3) is 0 Å². The molecule has 0 aliphatic carbocycles. The summed E-state index contributed by atoms with van der Waals surface area (Å²) >= 11 is 0. The minimum absolute atomic E-state index is 0.0949. The molecular formula is C14H9F2N5. The van der Waals surface area contributed by atoms with E-state index in [1.54, 1.807) is 36.4 Å². The number of rotatable bonds is 1. The number of benzene rings is 2. The highest BCUT2D eigenvalue weighted by Gasteiger charge is 2.06. The fourth-order valence-electron chi connectivity index (χ4n) is 1.47. The molecule has 0 bridgehead atoms. The molecule has 0 atom stereocenters. The maximum Gasteiger partial charge on any atom is 0.207 e. The SMILES string of the molecule is Fc1ccccc1-c1nn[nH]n1.N#Cc1ccccc1F. The zero-order valence-corrected chi connectivity index (χ0v) is 10.7. The van der Waals surface area contributed by atoms with Crippen molar-refractivity contribution in [2.45, 2.75) is 0 Å². The van der Waals surface area contributed by atoms with Crippen LogP contribution < -0.4 is 0 Å². The predicted molar refractivity (Wildman–Crippen MR) is 70.7 cm³/mol. The van der Waals surface area contributed by atoms with E-state index < -0.39 is 5.82 Å². The summed E-state index contributed by atoms with van der Waals surface area (Å²) in [5.74, 6) is -0.535. The first-order valence-electron chi connectivity index (χ1n) is 5.85. The molecule has 7 heteroatoms. The largest absolute Gasteiger partial charge is 0.207 e. The van der Waals surface area contributed by atoms with Crippen molar-refractivity contribution in [3.05, 3.63) is 65.7 Å². The van der Waals surface area contributed by atoms with Crippen molar-refractivity contribution >= 4 is 0 Å². The Labute approximate surface area is 118 Å². The first-order valence-corrected chi connectivity index (χ1v) is 5.85. The molecule has 0 saturated carbocycles. The van der Waals surface area contributed by atoms with Crippen molar-refractivity contribution < 1.29 is 8.78 Å². The van der Waals surface area contributed by atoms with Crippen LogP contribution in [0.5, 0.6) is 0 Å². The molecule has 0 amide bonds. The van der Waals surface area contributed by atoms with E-state index >= 15 is 0 Å². The molecule has 0 unspecified atom stereocenters. The molecule has 5 nitrogen and oxygen atoms in total. The van der Waals surface area contributed by atoms with Crippen molar-refractivity contribution in [2.24, 2.45) is 0 Å². The van der Waals surface area contributed by atoms with Crippen LogP contribution in [0.15, 0.2) is 48.5 Å². The number of aromatic amines is 1. The summed E-state index contributed by atoms with van der Waals surface area (Å²) in [6, 6.07) is 13.9. The number of hydrogen-bond acceptors (Lipinski definition) is 4. The lowest BCUT2D eigenvalue weighted by Gasteiger charge is -1.93. The standard InChI is InChI=1S/C7H5FN4.C7H4FN/c8-6-4-2-1-3-5(6)7-9-11-12-10-7;8-7-4-2-1-3-6(7)5-9/h1-4H,(H,9,10,11,12);1-4H. The van der Waals surface area contributed by atoms with Gasteiger partial charge in [0, 0.05) is 0 Å². The number of tetrazole rings is 1. The smallest absolute Gasteiger partial charge is 0.206 e. The Bertz CT molecular complexity index is 750. The molecule has 3 aromatic rings. The maximum absolute atomic E-state index is 13.0. The van der Waals surface area contributed by atoms with Crippen LogP contribution in [-0.2, 0) is 0 Å². The second-order valence-corrected chi connectivity index (χ2v) is 3.81. The van der Waals surface area contributed by atoms with E-state index in [-0.39, 0.29) is 17.2 Å². The Morgan fingerprint density at radius 2 is 1.62 bits per heavy atom. The topological polar surface area (TPSA) is 78.2 Å². The molecule has 3 rings (SSSR count). The molecule has 0 radical (unpaired) electrons. The third kappa shape index (κ3) is 3.67. The van der Waals surface area contributed by atoms with Gasteiger partial charge in [0.2, 0.25) is 5.82 Å². The highest BCUT2D eigenvalue weighted by atomic mass is 19.1. The molecule has 1 N–H and O–H groups in total. The molecule has 104 valence electrons. The number of halogens is 2. The van der Waals surface area contributed by atoms with Crippen LogP contribution in [0.25, 0.3) is 11.4 Å². The Kier molecular flexibility index (Phi) is 4.66. The molecule has 21 heavy (non-hydrogen) atoms. The van der Waals surface area contributed by atoms with Gasteiger partial charge in [0.05, 0.1) is 11.1 Å². The number of H-pyrrole nitrogens is 1. The van der Waals surface area contributed by atoms with Crippen LogP contribution in [0.1, 0.15) is 5.56 Å². The molecule has 0 saturated heterocycles.